The molecule has 0 unspecified atom stereocenters. The second-order valence-corrected chi connectivity index (χ2v) is 5.97. The molecule has 0 saturated heterocycles. The summed E-state index contributed by atoms with van der Waals surface area (Å²) in [5.74, 6) is -0.712. The van der Waals surface area contributed by atoms with Crippen molar-refractivity contribution in [3.8, 4) is 28.5 Å². The van der Waals surface area contributed by atoms with Crippen molar-refractivity contribution in [1.29, 1.82) is 5.26 Å². The van der Waals surface area contributed by atoms with Crippen LogP contribution in [0, 0.1) is 21.4 Å². The van der Waals surface area contributed by atoms with E-state index in [0.29, 0.717) is 11.1 Å². The Labute approximate surface area is 166 Å². The predicted molar refractivity (Wildman–Crippen MR) is 107 cm³/mol. The molecule has 3 aromatic rings. The molecule has 1 aromatic heterocycles. The van der Waals surface area contributed by atoms with E-state index in [1.165, 1.54) is 24.3 Å². The number of nitro groups is 1. The summed E-state index contributed by atoms with van der Waals surface area (Å²) < 4.78 is 5.22. The predicted octanol–water partition coefficient (Wildman–Crippen LogP) is 3.95. The molecule has 0 amide bonds. The highest BCUT2D eigenvalue weighted by atomic mass is 16.6. The Hall–Kier alpha value is -4.25. The number of nitro benzene ring substituents is 1. The first kappa shape index (κ1) is 19.5. The second-order valence-electron chi connectivity index (χ2n) is 5.97. The highest BCUT2D eigenvalue weighted by Crippen LogP contribution is 2.37. The molecule has 0 aliphatic heterocycles. The smallest absolute Gasteiger partial charge is 0.341 e. The van der Waals surface area contributed by atoms with Gasteiger partial charge in [0.2, 0.25) is 0 Å². The first-order valence-corrected chi connectivity index (χ1v) is 8.68. The third-order valence-electron chi connectivity index (χ3n) is 4.23. The van der Waals surface area contributed by atoms with Gasteiger partial charge in [0.25, 0.3) is 5.69 Å². The van der Waals surface area contributed by atoms with Gasteiger partial charge in [-0.05, 0) is 24.6 Å². The van der Waals surface area contributed by atoms with Crippen LogP contribution in [-0.2, 0) is 4.74 Å². The first-order valence-electron chi connectivity index (χ1n) is 8.68. The molecule has 2 aromatic carbocycles. The van der Waals surface area contributed by atoms with E-state index in [1.54, 1.807) is 31.2 Å². The molecule has 0 spiro atoms. The van der Waals surface area contributed by atoms with E-state index in [9.17, 15) is 20.2 Å². The number of ether oxygens (including phenoxy) is 1. The molecule has 0 saturated carbocycles. The summed E-state index contributed by atoms with van der Waals surface area (Å²) in [5.41, 5.74) is 7.54. The standard InChI is InChI=1S/C21H16N4O4/c1-2-29-21(26)18-17(13-8-10-15(11-9-13)25(27)28)16(12-22)20(23)24-19(18)14-6-4-3-5-7-14/h3-11H,2H2,1H3,(H2,23,24). The van der Waals surface area contributed by atoms with Crippen LogP contribution in [0.15, 0.2) is 54.6 Å². The number of benzene rings is 2. The summed E-state index contributed by atoms with van der Waals surface area (Å²) in [6.45, 7) is 1.79. The van der Waals surface area contributed by atoms with Gasteiger partial charge in [-0.25, -0.2) is 9.78 Å². The minimum atomic E-state index is -0.663. The van der Waals surface area contributed by atoms with Crippen LogP contribution in [0.25, 0.3) is 22.4 Å². The van der Waals surface area contributed by atoms with E-state index in [1.807, 2.05) is 12.1 Å². The average Bonchev–Trinajstić information content (AvgIpc) is 2.73. The molecular weight excluding hydrogens is 372 g/mol. The molecule has 0 atom stereocenters. The van der Waals surface area contributed by atoms with Crippen LogP contribution in [-0.4, -0.2) is 22.5 Å². The van der Waals surface area contributed by atoms with E-state index in [0.717, 1.165) is 0 Å². The van der Waals surface area contributed by atoms with Crippen molar-refractivity contribution >= 4 is 17.5 Å². The van der Waals surface area contributed by atoms with Gasteiger partial charge in [-0.15, -0.1) is 0 Å². The SMILES string of the molecule is CCOC(=O)c1c(-c2ccccc2)nc(N)c(C#N)c1-c1ccc([N+](=O)[O-])cc1. The van der Waals surface area contributed by atoms with Gasteiger partial charge >= 0.3 is 5.97 Å². The monoisotopic (exact) mass is 388 g/mol. The van der Waals surface area contributed by atoms with Gasteiger partial charge in [0.1, 0.15) is 17.5 Å². The van der Waals surface area contributed by atoms with Crippen LogP contribution in [0.4, 0.5) is 11.5 Å². The molecule has 0 aliphatic carbocycles. The number of hydrogen-bond donors (Lipinski definition) is 1. The zero-order chi connectivity index (χ0) is 21.0. The number of anilines is 1. The summed E-state index contributed by atoms with van der Waals surface area (Å²) >= 11 is 0. The average molecular weight is 388 g/mol. The number of nitrogen functional groups attached to an aromatic ring is 1. The Morgan fingerprint density at radius 3 is 2.38 bits per heavy atom. The van der Waals surface area contributed by atoms with Crippen LogP contribution in [0.5, 0.6) is 0 Å². The van der Waals surface area contributed by atoms with Crippen molar-refractivity contribution in [2.24, 2.45) is 0 Å². The van der Waals surface area contributed by atoms with Crippen LogP contribution < -0.4 is 5.73 Å². The van der Waals surface area contributed by atoms with Gasteiger partial charge < -0.3 is 10.5 Å². The van der Waals surface area contributed by atoms with E-state index in [4.69, 9.17) is 10.5 Å². The number of rotatable bonds is 5. The van der Waals surface area contributed by atoms with Crippen molar-refractivity contribution < 1.29 is 14.5 Å². The van der Waals surface area contributed by atoms with Gasteiger partial charge in [0.15, 0.2) is 0 Å². The van der Waals surface area contributed by atoms with Crippen molar-refractivity contribution in [2.45, 2.75) is 6.92 Å². The van der Waals surface area contributed by atoms with Crippen LogP contribution >= 0.6 is 0 Å². The summed E-state index contributed by atoms with van der Waals surface area (Å²) in [6, 6.07) is 16.4. The number of carbonyl (C=O) groups is 1. The third-order valence-corrected chi connectivity index (χ3v) is 4.23. The zero-order valence-electron chi connectivity index (χ0n) is 15.5. The lowest BCUT2D eigenvalue weighted by Gasteiger charge is -2.16. The number of carbonyl (C=O) groups excluding carboxylic acids is 1. The summed E-state index contributed by atoms with van der Waals surface area (Å²) in [7, 11) is 0. The lowest BCUT2D eigenvalue weighted by molar-refractivity contribution is -0.384. The molecule has 0 bridgehead atoms. The maximum atomic E-state index is 12.9. The fourth-order valence-electron chi connectivity index (χ4n) is 2.96. The van der Waals surface area contributed by atoms with Crippen LogP contribution in [0.3, 0.4) is 0 Å². The van der Waals surface area contributed by atoms with Crippen molar-refractivity contribution in [1.82, 2.24) is 4.98 Å². The van der Waals surface area contributed by atoms with Crippen molar-refractivity contribution in [3.05, 3.63) is 75.8 Å². The minimum Gasteiger partial charge on any atom is -0.462 e. The number of aromatic nitrogens is 1. The number of hydrogen-bond acceptors (Lipinski definition) is 7. The molecule has 8 heteroatoms. The summed E-state index contributed by atoms with van der Waals surface area (Å²) in [6.07, 6.45) is 0. The number of nitrogens with two attached hydrogens (primary N) is 1. The second kappa shape index (κ2) is 8.19. The quantitative estimate of drug-likeness (QED) is 0.397. The number of pyridine rings is 1. The fraction of sp³-hybridized carbons (Fsp3) is 0.0952. The van der Waals surface area contributed by atoms with E-state index >= 15 is 0 Å². The minimum absolute atomic E-state index is 0.00147. The highest BCUT2D eigenvalue weighted by Gasteiger charge is 2.27. The molecule has 0 radical (unpaired) electrons. The molecule has 1 heterocycles. The molecule has 0 fully saturated rings. The van der Waals surface area contributed by atoms with Crippen molar-refractivity contribution in [3.63, 3.8) is 0 Å². The van der Waals surface area contributed by atoms with Crippen LogP contribution in [0.1, 0.15) is 22.8 Å². The molecular formula is C21H16N4O4. The number of non-ortho nitro benzene ring substituents is 1. The largest absolute Gasteiger partial charge is 0.462 e. The number of esters is 1. The lowest BCUT2D eigenvalue weighted by atomic mass is 9.91. The normalized spacial score (nSPS) is 10.2. The van der Waals surface area contributed by atoms with Gasteiger partial charge in [-0.3, -0.25) is 10.1 Å². The van der Waals surface area contributed by atoms with Crippen LogP contribution in [0.2, 0.25) is 0 Å². The molecule has 0 aliphatic rings. The van der Waals surface area contributed by atoms with E-state index in [-0.39, 0.29) is 40.5 Å². The summed E-state index contributed by atoms with van der Waals surface area (Å²) in [5, 5.41) is 20.6. The molecule has 8 nitrogen and oxygen atoms in total. The Morgan fingerprint density at radius 1 is 1.17 bits per heavy atom. The Balaban J connectivity index is 2.38. The molecule has 3 rings (SSSR count). The van der Waals surface area contributed by atoms with Gasteiger partial charge in [0, 0.05) is 23.3 Å². The van der Waals surface area contributed by atoms with E-state index in [2.05, 4.69) is 4.98 Å². The first-order chi connectivity index (χ1) is 14.0. The van der Waals surface area contributed by atoms with E-state index < -0.39 is 10.9 Å². The van der Waals surface area contributed by atoms with Crippen molar-refractivity contribution in [2.75, 3.05) is 12.3 Å². The van der Waals surface area contributed by atoms with Gasteiger partial charge in [-0.2, -0.15) is 5.26 Å². The molecule has 2 N–H and O–H groups in total. The summed E-state index contributed by atoms with van der Waals surface area (Å²) in [4.78, 5) is 27.6. The molecule has 29 heavy (non-hydrogen) atoms. The topological polar surface area (TPSA) is 132 Å². The maximum Gasteiger partial charge on any atom is 0.341 e. The lowest BCUT2D eigenvalue weighted by Crippen LogP contribution is -2.13. The zero-order valence-corrected chi connectivity index (χ0v) is 15.5. The fourth-order valence-corrected chi connectivity index (χ4v) is 2.96. The maximum absolute atomic E-state index is 12.9. The van der Waals surface area contributed by atoms with Gasteiger partial charge in [0.05, 0.1) is 22.8 Å². The Morgan fingerprint density at radius 2 is 1.83 bits per heavy atom. The number of nitriles is 1. The molecule has 144 valence electrons. The third kappa shape index (κ3) is 3.75. The number of nitrogens with zero attached hydrogens (tertiary/aromatic N) is 3. The Kier molecular flexibility index (Phi) is 5.51. The Bertz CT molecular complexity index is 1120. The van der Waals surface area contributed by atoms with Gasteiger partial charge in [-0.1, -0.05) is 30.3 Å². The highest BCUT2D eigenvalue weighted by molar-refractivity contribution is 6.05.